The second-order valence-corrected chi connectivity index (χ2v) is 5.55. The molecule has 1 nitrogen and oxygen atoms in total. The molecule has 0 aliphatic carbocycles. The van der Waals surface area contributed by atoms with Crippen molar-refractivity contribution in [2.75, 3.05) is 6.54 Å². The van der Waals surface area contributed by atoms with Crippen molar-refractivity contribution in [2.24, 2.45) is 0 Å². The highest BCUT2D eigenvalue weighted by Crippen LogP contribution is 2.30. The fraction of sp³-hybridized carbons (Fsp3) is 0.538. The quantitative estimate of drug-likeness (QED) is 0.709. The van der Waals surface area contributed by atoms with Gasteiger partial charge in [0.2, 0.25) is 0 Å². The van der Waals surface area contributed by atoms with Crippen molar-refractivity contribution in [3.63, 3.8) is 0 Å². The van der Waals surface area contributed by atoms with E-state index in [1.165, 1.54) is 0 Å². The molecule has 0 aromatic heterocycles. The first kappa shape index (κ1) is 16.8. The maximum atomic E-state index is 12.2. The van der Waals surface area contributed by atoms with Crippen LogP contribution in [0.4, 0.5) is 13.2 Å². The summed E-state index contributed by atoms with van der Waals surface area (Å²) in [5.74, 6) is 0. The maximum absolute atomic E-state index is 12.2. The van der Waals surface area contributed by atoms with Gasteiger partial charge in [0.25, 0.3) is 0 Å². The smallest absolute Gasteiger partial charge is 0.310 e. The summed E-state index contributed by atoms with van der Waals surface area (Å²) < 4.78 is 37.3. The van der Waals surface area contributed by atoms with Crippen molar-refractivity contribution in [1.29, 1.82) is 0 Å². The van der Waals surface area contributed by atoms with E-state index in [0.29, 0.717) is 18.0 Å². The number of nitrogens with one attached hydrogen (secondary N) is 1. The molecule has 0 bridgehead atoms. The summed E-state index contributed by atoms with van der Waals surface area (Å²) in [6, 6.07) is 5.37. The van der Waals surface area contributed by atoms with Gasteiger partial charge < -0.3 is 5.32 Å². The summed E-state index contributed by atoms with van der Waals surface area (Å²) in [7, 11) is 0. The lowest BCUT2D eigenvalue weighted by molar-refractivity contribution is -0.135. The summed E-state index contributed by atoms with van der Waals surface area (Å²) in [6.07, 6.45) is -4.30. The molecule has 6 heteroatoms. The van der Waals surface area contributed by atoms with Crippen molar-refractivity contribution in [2.45, 2.75) is 38.4 Å². The van der Waals surface area contributed by atoms with Crippen LogP contribution in [-0.4, -0.2) is 12.7 Å². The fourth-order valence-corrected chi connectivity index (χ4v) is 2.30. The Morgan fingerprint density at radius 2 is 2.05 bits per heavy atom. The lowest BCUT2D eigenvalue weighted by Crippen LogP contribution is -2.21. The molecule has 1 aromatic carbocycles. The van der Waals surface area contributed by atoms with Crippen LogP contribution >= 0.6 is 27.5 Å². The predicted octanol–water partition coefficient (Wildman–Crippen LogP) is 5.49. The largest absolute Gasteiger partial charge is 0.389 e. The number of rotatable bonds is 6. The Hall–Kier alpha value is -0.260. The first-order chi connectivity index (χ1) is 8.83. The van der Waals surface area contributed by atoms with E-state index in [9.17, 15) is 13.2 Å². The zero-order chi connectivity index (χ0) is 14.5. The standard InChI is InChI=1S/C13H16BrClF3N/c1-2-19-12(4-3-7-13(16,17)18)9-5-6-10(14)11(15)8-9/h5-6,8,12,19H,2-4,7H2,1H3. The van der Waals surface area contributed by atoms with Gasteiger partial charge in [0, 0.05) is 16.9 Å². The van der Waals surface area contributed by atoms with Crippen LogP contribution in [-0.2, 0) is 0 Å². The molecule has 0 aliphatic heterocycles. The van der Waals surface area contributed by atoms with E-state index in [2.05, 4.69) is 21.2 Å². The predicted molar refractivity (Wildman–Crippen MR) is 75.5 cm³/mol. The molecule has 0 radical (unpaired) electrons. The normalized spacial score (nSPS) is 13.6. The number of hydrogen-bond donors (Lipinski definition) is 1. The zero-order valence-electron chi connectivity index (χ0n) is 10.5. The van der Waals surface area contributed by atoms with Crippen LogP contribution in [0.2, 0.25) is 5.02 Å². The van der Waals surface area contributed by atoms with Gasteiger partial charge in [-0.15, -0.1) is 0 Å². The number of benzene rings is 1. The SMILES string of the molecule is CCNC(CCCC(F)(F)F)c1ccc(Br)c(Cl)c1. The molecular weight excluding hydrogens is 343 g/mol. The lowest BCUT2D eigenvalue weighted by atomic mass is 10.0. The Kier molecular flexibility index (Phi) is 6.63. The molecule has 1 N–H and O–H groups in total. The molecule has 0 saturated carbocycles. The van der Waals surface area contributed by atoms with E-state index in [1.807, 2.05) is 19.1 Å². The Labute approximate surface area is 124 Å². The van der Waals surface area contributed by atoms with Crippen LogP contribution in [0.3, 0.4) is 0 Å². The molecule has 108 valence electrons. The second kappa shape index (κ2) is 7.50. The molecule has 1 unspecified atom stereocenters. The van der Waals surface area contributed by atoms with Crippen molar-refractivity contribution < 1.29 is 13.2 Å². The summed E-state index contributed by atoms with van der Waals surface area (Å²) in [4.78, 5) is 0. The average molecular weight is 359 g/mol. The van der Waals surface area contributed by atoms with Crippen molar-refractivity contribution in [3.8, 4) is 0 Å². The molecule has 19 heavy (non-hydrogen) atoms. The molecule has 0 aliphatic rings. The van der Waals surface area contributed by atoms with Gasteiger partial charge in [-0.1, -0.05) is 24.6 Å². The van der Waals surface area contributed by atoms with Gasteiger partial charge in [-0.2, -0.15) is 13.2 Å². The number of halogens is 5. The van der Waals surface area contributed by atoms with Gasteiger partial charge in [0.1, 0.15) is 0 Å². The molecule has 0 fully saturated rings. The third-order valence-electron chi connectivity index (χ3n) is 2.75. The van der Waals surface area contributed by atoms with Crippen LogP contribution in [0, 0.1) is 0 Å². The molecule has 0 saturated heterocycles. The third kappa shape index (κ3) is 6.15. The minimum atomic E-state index is -4.09. The fourth-order valence-electron chi connectivity index (χ4n) is 1.87. The molecule has 1 atom stereocenters. The van der Waals surface area contributed by atoms with E-state index < -0.39 is 12.6 Å². The Balaban J connectivity index is 2.68. The van der Waals surface area contributed by atoms with Crippen LogP contribution in [0.1, 0.15) is 37.8 Å². The zero-order valence-corrected chi connectivity index (χ0v) is 12.9. The Morgan fingerprint density at radius 1 is 1.37 bits per heavy atom. The van der Waals surface area contributed by atoms with E-state index >= 15 is 0 Å². The maximum Gasteiger partial charge on any atom is 0.389 e. The van der Waals surface area contributed by atoms with Crippen LogP contribution in [0.15, 0.2) is 22.7 Å². The van der Waals surface area contributed by atoms with Gasteiger partial charge in [-0.05, 0) is 53.0 Å². The Morgan fingerprint density at radius 3 is 2.58 bits per heavy atom. The highest BCUT2D eigenvalue weighted by Gasteiger charge is 2.26. The van der Waals surface area contributed by atoms with Crippen molar-refractivity contribution in [1.82, 2.24) is 5.32 Å². The summed E-state index contributed by atoms with van der Waals surface area (Å²) in [5.41, 5.74) is 0.914. The topological polar surface area (TPSA) is 12.0 Å². The van der Waals surface area contributed by atoms with E-state index in [0.717, 1.165) is 10.0 Å². The van der Waals surface area contributed by atoms with Crippen LogP contribution in [0.25, 0.3) is 0 Å². The molecule has 0 amide bonds. The van der Waals surface area contributed by atoms with Crippen molar-refractivity contribution >= 4 is 27.5 Å². The van der Waals surface area contributed by atoms with Crippen LogP contribution < -0.4 is 5.32 Å². The molecular formula is C13H16BrClF3N. The molecule has 0 spiro atoms. The molecule has 1 rings (SSSR count). The number of alkyl halides is 3. The van der Waals surface area contributed by atoms with Crippen LogP contribution in [0.5, 0.6) is 0 Å². The highest BCUT2D eigenvalue weighted by molar-refractivity contribution is 9.10. The van der Waals surface area contributed by atoms with Gasteiger partial charge in [-0.25, -0.2) is 0 Å². The lowest BCUT2D eigenvalue weighted by Gasteiger charge is -2.19. The second-order valence-electron chi connectivity index (χ2n) is 4.29. The van der Waals surface area contributed by atoms with E-state index in [-0.39, 0.29) is 12.5 Å². The summed E-state index contributed by atoms with van der Waals surface area (Å²) >= 11 is 9.31. The van der Waals surface area contributed by atoms with E-state index in [1.54, 1.807) is 6.07 Å². The molecule has 0 heterocycles. The van der Waals surface area contributed by atoms with Gasteiger partial charge in [0.05, 0.1) is 5.02 Å². The van der Waals surface area contributed by atoms with E-state index in [4.69, 9.17) is 11.6 Å². The summed E-state index contributed by atoms with van der Waals surface area (Å²) in [6.45, 7) is 2.63. The van der Waals surface area contributed by atoms with Crippen molar-refractivity contribution in [3.05, 3.63) is 33.3 Å². The van der Waals surface area contributed by atoms with Gasteiger partial charge >= 0.3 is 6.18 Å². The van der Waals surface area contributed by atoms with Gasteiger partial charge in [0.15, 0.2) is 0 Å². The first-order valence-corrected chi connectivity index (χ1v) is 7.25. The Bertz CT molecular complexity index is 409. The third-order valence-corrected chi connectivity index (χ3v) is 3.98. The molecule has 1 aromatic rings. The average Bonchev–Trinajstić information content (AvgIpc) is 2.30. The summed E-state index contributed by atoms with van der Waals surface area (Å²) in [5, 5.41) is 3.76. The minimum Gasteiger partial charge on any atom is -0.310 e. The monoisotopic (exact) mass is 357 g/mol. The number of hydrogen-bond acceptors (Lipinski definition) is 1. The minimum absolute atomic E-state index is 0.0991. The first-order valence-electron chi connectivity index (χ1n) is 6.08. The highest BCUT2D eigenvalue weighted by atomic mass is 79.9. The van der Waals surface area contributed by atoms with Gasteiger partial charge in [-0.3, -0.25) is 0 Å².